The van der Waals surface area contributed by atoms with Gasteiger partial charge in [-0.2, -0.15) is 0 Å². The molecule has 104 valence electrons. The molecule has 0 aromatic rings. The Hall–Kier alpha value is -0.410. The number of aliphatic hydroxyl groups is 1. The molecule has 2 rings (SSSR count). The average Bonchev–Trinajstić information content (AvgIpc) is 2.89. The zero-order valence-electron chi connectivity index (χ0n) is 11.4. The van der Waals surface area contributed by atoms with Crippen molar-refractivity contribution in [2.75, 3.05) is 19.7 Å². The number of aliphatic hydroxyl groups excluding tert-OH is 1. The molecule has 1 N–H and O–H groups in total. The number of nitrogens with zero attached hydrogens (tertiary/aromatic N) is 1. The lowest BCUT2D eigenvalue weighted by Gasteiger charge is -2.38. The smallest absolute Gasteiger partial charge is 0.127 e. The summed E-state index contributed by atoms with van der Waals surface area (Å²) in [7, 11) is 0. The highest BCUT2D eigenvalue weighted by molar-refractivity contribution is 5.60. The van der Waals surface area contributed by atoms with Crippen LogP contribution in [0.25, 0.3) is 0 Å². The van der Waals surface area contributed by atoms with Gasteiger partial charge in [-0.25, -0.2) is 0 Å². The lowest BCUT2D eigenvalue weighted by atomic mass is 9.85. The summed E-state index contributed by atoms with van der Waals surface area (Å²) in [6, 6.07) is 0.600. The summed E-state index contributed by atoms with van der Waals surface area (Å²) < 4.78 is 0. The van der Waals surface area contributed by atoms with Gasteiger partial charge in [0.1, 0.15) is 6.29 Å². The minimum absolute atomic E-state index is 0.105. The van der Waals surface area contributed by atoms with Gasteiger partial charge in [0.25, 0.3) is 0 Å². The Morgan fingerprint density at radius 3 is 2.33 bits per heavy atom. The van der Waals surface area contributed by atoms with Gasteiger partial charge in [-0.15, -0.1) is 0 Å². The maximum Gasteiger partial charge on any atom is 0.127 e. The van der Waals surface area contributed by atoms with Crippen LogP contribution >= 0.6 is 0 Å². The van der Waals surface area contributed by atoms with Gasteiger partial charge >= 0.3 is 0 Å². The monoisotopic (exact) mass is 253 g/mol. The van der Waals surface area contributed by atoms with Crippen LogP contribution in [0, 0.1) is 5.41 Å². The number of hydrogen-bond donors (Lipinski definition) is 1. The largest absolute Gasteiger partial charge is 0.395 e. The number of carbonyl (C=O) groups excluding carboxylic acids is 1. The van der Waals surface area contributed by atoms with E-state index in [2.05, 4.69) is 4.90 Å². The first-order valence-corrected chi connectivity index (χ1v) is 7.61. The molecule has 0 atom stereocenters. The third kappa shape index (κ3) is 3.33. The normalized spacial score (nSPS) is 24.6. The van der Waals surface area contributed by atoms with Crippen molar-refractivity contribution < 1.29 is 9.90 Å². The maximum absolute atomic E-state index is 11.5. The van der Waals surface area contributed by atoms with Crippen molar-refractivity contribution in [2.45, 2.75) is 63.8 Å². The fraction of sp³-hybridized carbons (Fsp3) is 0.933. The molecule has 0 spiro atoms. The molecule has 0 saturated heterocycles. The van der Waals surface area contributed by atoms with Crippen LogP contribution < -0.4 is 0 Å². The number of hydrogen-bond acceptors (Lipinski definition) is 3. The third-order valence-electron chi connectivity index (χ3n) is 4.85. The van der Waals surface area contributed by atoms with Gasteiger partial charge in [-0.1, -0.05) is 32.1 Å². The maximum atomic E-state index is 11.5. The quantitative estimate of drug-likeness (QED) is 0.739. The van der Waals surface area contributed by atoms with Crippen LogP contribution in [0.15, 0.2) is 0 Å². The first kappa shape index (κ1) is 14.0. The summed E-state index contributed by atoms with van der Waals surface area (Å²) >= 11 is 0. The molecule has 0 aromatic carbocycles. The molecule has 2 aliphatic rings. The molecule has 2 fully saturated rings. The molecule has 2 saturated carbocycles. The average molecular weight is 253 g/mol. The van der Waals surface area contributed by atoms with Crippen LogP contribution in [0.5, 0.6) is 0 Å². The van der Waals surface area contributed by atoms with E-state index in [1.165, 1.54) is 51.2 Å². The number of aldehydes is 1. The molecule has 18 heavy (non-hydrogen) atoms. The van der Waals surface area contributed by atoms with E-state index in [0.717, 1.165) is 25.9 Å². The van der Waals surface area contributed by atoms with E-state index in [1.807, 2.05) is 0 Å². The summed E-state index contributed by atoms with van der Waals surface area (Å²) in [6.45, 7) is 1.83. The first-order chi connectivity index (χ1) is 8.79. The molecule has 0 aromatic heterocycles. The van der Waals surface area contributed by atoms with Crippen LogP contribution in [0.1, 0.15) is 57.8 Å². The summed E-state index contributed by atoms with van der Waals surface area (Å²) in [5.41, 5.74) is -0.105. The van der Waals surface area contributed by atoms with Crippen LogP contribution in [0.2, 0.25) is 0 Å². The minimum Gasteiger partial charge on any atom is -0.395 e. The second-order valence-electron chi connectivity index (χ2n) is 6.17. The van der Waals surface area contributed by atoms with Crippen LogP contribution in [-0.4, -0.2) is 42.0 Å². The van der Waals surface area contributed by atoms with E-state index in [9.17, 15) is 9.90 Å². The highest BCUT2D eigenvalue weighted by Gasteiger charge is 2.37. The molecule has 0 aliphatic heterocycles. The standard InChI is InChI=1S/C15H27NO2/c17-11-10-16(14-6-2-1-3-7-14)12-15(13-18)8-4-5-9-15/h13-14,17H,1-12H2. The van der Waals surface area contributed by atoms with Crippen molar-refractivity contribution in [3.8, 4) is 0 Å². The Morgan fingerprint density at radius 2 is 1.78 bits per heavy atom. The summed E-state index contributed by atoms with van der Waals surface area (Å²) in [5.74, 6) is 0. The van der Waals surface area contributed by atoms with Crippen molar-refractivity contribution in [2.24, 2.45) is 5.41 Å². The summed E-state index contributed by atoms with van der Waals surface area (Å²) in [6.07, 6.45) is 12.1. The highest BCUT2D eigenvalue weighted by Crippen LogP contribution is 2.38. The molecule has 0 bridgehead atoms. The third-order valence-corrected chi connectivity index (χ3v) is 4.85. The summed E-state index contributed by atoms with van der Waals surface area (Å²) in [5, 5.41) is 9.27. The molecule has 3 nitrogen and oxygen atoms in total. The van der Waals surface area contributed by atoms with E-state index in [-0.39, 0.29) is 12.0 Å². The second-order valence-corrected chi connectivity index (χ2v) is 6.17. The van der Waals surface area contributed by atoms with Crippen molar-refractivity contribution >= 4 is 6.29 Å². The second kappa shape index (κ2) is 6.67. The van der Waals surface area contributed by atoms with Crippen LogP contribution in [0.3, 0.4) is 0 Å². The van der Waals surface area contributed by atoms with Gasteiger partial charge in [0.2, 0.25) is 0 Å². The first-order valence-electron chi connectivity index (χ1n) is 7.61. The Kier molecular flexibility index (Phi) is 5.19. The molecule has 3 heteroatoms. The molecular weight excluding hydrogens is 226 g/mol. The molecule has 2 aliphatic carbocycles. The molecule has 0 unspecified atom stereocenters. The lowest BCUT2D eigenvalue weighted by Crippen LogP contribution is -2.45. The van der Waals surface area contributed by atoms with Crippen LogP contribution in [-0.2, 0) is 4.79 Å². The van der Waals surface area contributed by atoms with Gasteiger partial charge in [0.05, 0.1) is 6.61 Å². The van der Waals surface area contributed by atoms with E-state index in [0.29, 0.717) is 6.04 Å². The Labute approximate surface area is 111 Å². The Morgan fingerprint density at radius 1 is 1.11 bits per heavy atom. The predicted octanol–water partition coefficient (Wildman–Crippen LogP) is 2.37. The zero-order valence-corrected chi connectivity index (χ0v) is 11.4. The molecule has 0 amide bonds. The van der Waals surface area contributed by atoms with Crippen LogP contribution in [0.4, 0.5) is 0 Å². The predicted molar refractivity (Wildman–Crippen MR) is 72.5 cm³/mol. The highest BCUT2D eigenvalue weighted by atomic mass is 16.3. The Bertz CT molecular complexity index is 255. The molecular formula is C15H27NO2. The fourth-order valence-corrected chi connectivity index (χ4v) is 3.76. The van der Waals surface area contributed by atoms with E-state index >= 15 is 0 Å². The Balaban J connectivity index is 1.97. The number of carbonyl (C=O) groups is 1. The zero-order chi connectivity index (χ0) is 12.8. The van der Waals surface area contributed by atoms with Crippen molar-refractivity contribution in [1.82, 2.24) is 4.90 Å². The fourth-order valence-electron chi connectivity index (χ4n) is 3.76. The van der Waals surface area contributed by atoms with Gasteiger partial charge in [-0.05, 0) is 25.7 Å². The molecule has 0 radical (unpaired) electrons. The van der Waals surface area contributed by atoms with Crippen molar-refractivity contribution in [1.29, 1.82) is 0 Å². The van der Waals surface area contributed by atoms with E-state index in [1.54, 1.807) is 0 Å². The summed E-state index contributed by atoms with van der Waals surface area (Å²) in [4.78, 5) is 13.9. The topological polar surface area (TPSA) is 40.5 Å². The number of rotatable bonds is 6. The van der Waals surface area contributed by atoms with Gasteiger partial charge in [0, 0.05) is 24.5 Å². The SMILES string of the molecule is O=CC1(CN(CCO)C2CCCCC2)CCCC1. The van der Waals surface area contributed by atoms with Gasteiger partial charge in [0.15, 0.2) is 0 Å². The van der Waals surface area contributed by atoms with Crippen molar-refractivity contribution in [3.05, 3.63) is 0 Å². The molecule has 0 heterocycles. The van der Waals surface area contributed by atoms with Gasteiger partial charge in [-0.3, -0.25) is 4.90 Å². The van der Waals surface area contributed by atoms with E-state index < -0.39 is 0 Å². The van der Waals surface area contributed by atoms with Crippen molar-refractivity contribution in [3.63, 3.8) is 0 Å². The lowest BCUT2D eigenvalue weighted by molar-refractivity contribution is -0.117. The van der Waals surface area contributed by atoms with Gasteiger partial charge < -0.3 is 9.90 Å². The van der Waals surface area contributed by atoms with E-state index in [4.69, 9.17) is 0 Å². The minimum atomic E-state index is -0.105.